The molecule has 1 N–H and O–H groups in total. The van der Waals surface area contributed by atoms with Crippen LogP contribution in [-0.2, 0) is 6.54 Å². The van der Waals surface area contributed by atoms with Gasteiger partial charge in [0.2, 0.25) is 0 Å². The van der Waals surface area contributed by atoms with Crippen LogP contribution in [0.4, 0.5) is 0 Å². The van der Waals surface area contributed by atoms with Crippen LogP contribution in [0.2, 0.25) is 0 Å². The number of fused-ring (bicyclic) bond motifs is 1. The van der Waals surface area contributed by atoms with Gasteiger partial charge in [0.05, 0.1) is 5.39 Å². The first kappa shape index (κ1) is 18.6. The molecular weight excluding hydrogens is 344 g/mol. The number of carbonyl (C=O) groups excluding carboxylic acids is 1. The minimum Gasteiger partial charge on any atom is -0.460 e. The highest BCUT2D eigenvalue weighted by Crippen LogP contribution is 2.14. The molecule has 1 aromatic carbocycles. The summed E-state index contributed by atoms with van der Waals surface area (Å²) in [7, 11) is 0. The van der Waals surface area contributed by atoms with Gasteiger partial charge in [-0.05, 0) is 38.5 Å². The molecule has 0 aliphatic heterocycles. The molecule has 7 heteroatoms. The summed E-state index contributed by atoms with van der Waals surface area (Å²) in [6, 6.07) is 10.6. The maximum absolute atomic E-state index is 12.7. The summed E-state index contributed by atoms with van der Waals surface area (Å²) in [5.74, 6) is 0.874. The second-order valence-corrected chi connectivity index (χ2v) is 6.32. The van der Waals surface area contributed by atoms with Gasteiger partial charge in [0.25, 0.3) is 11.5 Å². The lowest BCUT2D eigenvalue weighted by Crippen LogP contribution is -2.29. The van der Waals surface area contributed by atoms with E-state index in [1.54, 1.807) is 37.3 Å². The average Bonchev–Trinajstić information content (AvgIpc) is 3.12. The number of amides is 1. The lowest BCUT2D eigenvalue weighted by atomic mass is 10.1. The zero-order valence-corrected chi connectivity index (χ0v) is 15.7. The summed E-state index contributed by atoms with van der Waals surface area (Å²) in [5.41, 5.74) is 3.04. The molecular formula is C20H22N4O3. The summed E-state index contributed by atoms with van der Waals surface area (Å²) in [6.07, 6.45) is 1.73. The van der Waals surface area contributed by atoms with E-state index in [1.165, 1.54) is 4.68 Å². The molecule has 2 heterocycles. The van der Waals surface area contributed by atoms with Gasteiger partial charge >= 0.3 is 0 Å². The van der Waals surface area contributed by atoms with Gasteiger partial charge < -0.3 is 4.42 Å². The van der Waals surface area contributed by atoms with Crippen molar-refractivity contribution >= 4 is 22.4 Å². The Morgan fingerprint density at radius 3 is 2.63 bits per heavy atom. The van der Waals surface area contributed by atoms with Gasteiger partial charge in [0.1, 0.15) is 17.2 Å². The highest BCUT2D eigenvalue weighted by Gasteiger charge is 2.16. The van der Waals surface area contributed by atoms with Crippen LogP contribution < -0.4 is 11.0 Å². The van der Waals surface area contributed by atoms with Gasteiger partial charge in [0, 0.05) is 11.9 Å². The van der Waals surface area contributed by atoms with E-state index in [0.29, 0.717) is 28.8 Å². The van der Waals surface area contributed by atoms with E-state index in [0.717, 1.165) is 18.6 Å². The molecule has 0 aliphatic rings. The minimum absolute atomic E-state index is 0.175. The summed E-state index contributed by atoms with van der Waals surface area (Å²) >= 11 is 0. The van der Waals surface area contributed by atoms with Crippen molar-refractivity contribution in [1.82, 2.24) is 15.2 Å². The van der Waals surface area contributed by atoms with E-state index in [1.807, 2.05) is 19.9 Å². The molecule has 0 aliphatic carbocycles. The van der Waals surface area contributed by atoms with E-state index < -0.39 is 5.91 Å². The normalized spacial score (nSPS) is 11.7. The molecule has 27 heavy (non-hydrogen) atoms. The number of benzene rings is 1. The second kappa shape index (κ2) is 7.99. The van der Waals surface area contributed by atoms with Gasteiger partial charge in [-0.1, -0.05) is 31.5 Å². The Bertz CT molecular complexity index is 1060. The molecule has 0 unspecified atom stereocenters. The lowest BCUT2D eigenvalue weighted by molar-refractivity contribution is 0.0949. The number of nitrogens with one attached hydrogen (secondary N) is 1. The highest BCUT2D eigenvalue weighted by molar-refractivity contribution is 6.05. The predicted octanol–water partition coefficient (Wildman–Crippen LogP) is 3.25. The molecule has 0 atom stereocenters. The molecule has 0 saturated heterocycles. The fourth-order valence-electron chi connectivity index (χ4n) is 2.73. The Kier molecular flexibility index (Phi) is 5.49. The summed E-state index contributed by atoms with van der Waals surface area (Å²) in [6.45, 7) is 6.08. The zero-order chi connectivity index (χ0) is 19.4. The number of hydrogen-bond donors (Lipinski definition) is 1. The van der Waals surface area contributed by atoms with E-state index in [9.17, 15) is 9.59 Å². The van der Waals surface area contributed by atoms with Crippen LogP contribution >= 0.6 is 0 Å². The molecule has 140 valence electrons. The molecule has 1 amide bonds. The van der Waals surface area contributed by atoms with Crippen molar-refractivity contribution in [3.05, 3.63) is 64.0 Å². The smallest absolute Gasteiger partial charge is 0.292 e. The van der Waals surface area contributed by atoms with Crippen molar-refractivity contribution in [2.75, 3.05) is 0 Å². The van der Waals surface area contributed by atoms with Crippen molar-refractivity contribution < 1.29 is 9.21 Å². The monoisotopic (exact) mass is 366 g/mol. The third-order valence-corrected chi connectivity index (χ3v) is 4.23. The molecule has 7 nitrogen and oxygen atoms in total. The zero-order valence-electron chi connectivity index (χ0n) is 15.7. The molecule has 0 radical (unpaired) electrons. The first-order valence-electron chi connectivity index (χ1n) is 8.92. The van der Waals surface area contributed by atoms with Gasteiger partial charge in [-0.3, -0.25) is 9.59 Å². The predicted molar refractivity (Wildman–Crippen MR) is 104 cm³/mol. The third-order valence-electron chi connectivity index (χ3n) is 4.23. The Labute approximate surface area is 156 Å². The first-order valence-corrected chi connectivity index (χ1v) is 8.92. The van der Waals surface area contributed by atoms with Gasteiger partial charge in [0.15, 0.2) is 5.69 Å². The molecule has 3 aromatic rings. The van der Waals surface area contributed by atoms with Gasteiger partial charge in [-0.15, -0.1) is 0 Å². The van der Waals surface area contributed by atoms with E-state index >= 15 is 0 Å². The number of aromatic nitrogens is 2. The van der Waals surface area contributed by atoms with Gasteiger partial charge in [-0.25, -0.2) is 10.1 Å². The average molecular weight is 366 g/mol. The lowest BCUT2D eigenvalue weighted by Gasteiger charge is -2.10. The van der Waals surface area contributed by atoms with Crippen molar-refractivity contribution in [2.24, 2.45) is 5.10 Å². The second-order valence-electron chi connectivity index (χ2n) is 6.32. The van der Waals surface area contributed by atoms with Gasteiger partial charge in [-0.2, -0.15) is 10.2 Å². The fourth-order valence-corrected chi connectivity index (χ4v) is 2.73. The van der Waals surface area contributed by atoms with Crippen LogP contribution in [-0.4, -0.2) is 21.4 Å². The van der Waals surface area contributed by atoms with Crippen LogP contribution in [0.25, 0.3) is 10.8 Å². The number of furan rings is 1. The molecule has 0 spiro atoms. The van der Waals surface area contributed by atoms with Crippen molar-refractivity contribution in [3.63, 3.8) is 0 Å². The van der Waals surface area contributed by atoms with Crippen molar-refractivity contribution in [3.8, 4) is 0 Å². The molecule has 2 aromatic heterocycles. The van der Waals surface area contributed by atoms with Crippen LogP contribution in [0.1, 0.15) is 48.7 Å². The number of carbonyl (C=O) groups is 1. The summed E-state index contributed by atoms with van der Waals surface area (Å²) in [4.78, 5) is 25.3. The number of hydrogen-bond acceptors (Lipinski definition) is 5. The summed E-state index contributed by atoms with van der Waals surface area (Å²) in [5, 5.41) is 9.37. The Balaban J connectivity index is 1.96. The first-order chi connectivity index (χ1) is 13.0. The maximum atomic E-state index is 12.7. The number of hydrazone groups is 1. The maximum Gasteiger partial charge on any atom is 0.292 e. The molecule has 0 fully saturated rings. The molecule has 3 rings (SSSR count). The minimum atomic E-state index is -0.473. The Hall–Kier alpha value is -3.22. The quantitative estimate of drug-likeness (QED) is 0.536. The number of unbranched alkanes of at least 4 members (excludes halogenated alkanes) is 1. The van der Waals surface area contributed by atoms with Crippen LogP contribution in [0.5, 0.6) is 0 Å². The highest BCUT2D eigenvalue weighted by atomic mass is 16.3. The van der Waals surface area contributed by atoms with Crippen LogP contribution in [0, 0.1) is 6.92 Å². The number of aryl methyl sites for hydroxylation is 2. The standard InChI is InChI=1S/C20H22N4O3/c1-4-5-12-24-20(26)16-9-7-6-8-15(16)18(23-24)19(25)22-21-14(3)17-11-10-13(2)27-17/h6-11H,4-5,12H2,1-3H3,(H,22,25)/b21-14+. The molecule has 0 saturated carbocycles. The fraction of sp³-hybridized carbons (Fsp3) is 0.300. The SMILES string of the molecule is CCCCn1nc(C(=O)N/N=C(\C)c2ccc(C)o2)c2ccccc2c1=O. The van der Waals surface area contributed by atoms with E-state index in [2.05, 4.69) is 15.6 Å². The Morgan fingerprint density at radius 1 is 1.22 bits per heavy atom. The van der Waals surface area contributed by atoms with Crippen LogP contribution in [0.15, 0.2) is 50.7 Å². The van der Waals surface area contributed by atoms with Crippen molar-refractivity contribution in [1.29, 1.82) is 0 Å². The summed E-state index contributed by atoms with van der Waals surface area (Å²) < 4.78 is 6.84. The number of rotatable bonds is 6. The topological polar surface area (TPSA) is 89.5 Å². The van der Waals surface area contributed by atoms with E-state index in [4.69, 9.17) is 4.42 Å². The van der Waals surface area contributed by atoms with E-state index in [-0.39, 0.29) is 11.3 Å². The molecule has 0 bridgehead atoms. The third kappa shape index (κ3) is 3.97. The largest absolute Gasteiger partial charge is 0.460 e. The number of nitrogens with zero attached hydrogens (tertiary/aromatic N) is 3. The van der Waals surface area contributed by atoms with Crippen molar-refractivity contribution in [2.45, 2.75) is 40.2 Å². The van der Waals surface area contributed by atoms with Crippen LogP contribution in [0.3, 0.4) is 0 Å². The Morgan fingerprint density at radius 2 is 1.96 bits per heavy atom.